The topological polar surface area (TPSA) is 43.9 Å². The van der Waals surface area contributed by atoms with Gasteiger partial charge in [0.05, 0.1) is 12.1 Å². The van der Waals surface area contributed by atoms with E-state index in [0.29, 0.717) is 32.7 Å². The lowest BCUT2D eigenvalue weighted by molar-refractivity contribution is -0.136. The van der Waals surface area contributed by atoms with Crippen molar-refractivity contribution in [3.8, 4) is 0 Å². The fraction of sp³-hybridized carbons (Fsp3) is 0.579. The zero-order chi connectivity index (χ0) is 18.7. The lowest BCUT2D eigenvalue weighted by Gasteiger charge is -2.38. The summed E-state index contributed by atoms with van der Waals surface area (Å²) in [6.07, 6.45) is 3.27. The summed E-state index contributed by atoms with van der Waals surface area (Å²) in [7, 11) is 0. The predicted molar refractivity (Wildman–Crippen MR) is 93.7 cm³/mol. The lowest BCUT2D eigenvalue weighted by atomic mass is 10.0. The molecule has 2 fully saturated rings. The number of carbonyl (C=O) groups excluding carboxylic acids is 2. The Labute approximate surface area is 152 Å². The van der Waals surface area contributed by atoms with Crippen molar-refractivity contribution in [1.29, 1.82) is 0 Å². The summed E-state index contributed by atoms with van der Waals surface area (Å²) in [5, 5.41) is 0. The van der Waals surface area contributed by atoms with Crippen molar-refractivity contribution >= 4 is 11.8 Å². The second kappa shape index (κ2) is 8.12. The summed E-state index contributed by atoms with van der Waals surface area (Å²) >= 11 is 0. The van der Waals surface area contributed by atoms with Crippen LogP contribution in [-0.2, 0) is 4.79 Å². The number of rotatable bonds is 3. The third kappa shape index (κ3) is 4.20. The largest absolute Gasteiger partial charge is 0.339 e. The minimum Gasteiger partial charge on any atom is -0.339 e. The molecule has 5 nitrogen and oxygen atoms in total. The van der Waals surface area contributed by atoms with Crippen LogP contribution in [0.2, 0.25) is 0 Å². The van der Waals surface area contributed by atoms with Crippen LogP contribution in [0.15, 0.2) is 18.2 Å². The molecule has 26 heavy (non-hydrogen) atoms. The van der Waals surface area contributed by atoms with Crippen molar-refractivity contribution < 1.29 is 18.4 Å². The number of hydrogen-bond acceptors (Lipinski definition) is 3. The number of carbonyl (C=O) groups is 2. The summed E-state index contributed by atoms with van der Waals surface area (Å²) in [6.45, 7) is 5.15. The van der Waals surface area contributed by atoms with Gasteiger partial charge < -0.3 is 9.80 Å². The van der Waals surface area contributed by atoms with Crippen LogP contribution in [0.3, 0.4) is 0 Å². The summed E-state index contributed by atoms with van der Waals surface area (Å²) < 4.78 is 27.1. The van der Waals surface area contributed by atoms with E-state index in [-0.39, 0.29) is 17.5 Å². The molecule has 1 aromatic rings. The molecule has 1 atom stereocenters. The van der Waals surface area contributed by atoms with E-state index in [2.05, 4.69) is 6.92 Å². The van der Waals surface area contributed by atoms with E-state index in [4.69, 9.17) is 0 Å². The van der Waals surface area contributed by atoms with Gasteiger partial charge in [-0.1, -0.05) is 0 Å². The minimum absolute atomic E-state index is 0.133. The molecule has 2 saturated heterocycles. The second-order valence-corrected chi connectivity index (χ2v) is 7.12. The van der Waals surface area contributed by atoms with E-state index < -0.39 is 17.5 Å². The van der Waals surface area contributed by atoms with Crippen molar-refractivity contribution in [1.82, 2.24) is 14.7 Å². The average molecular weight is 365 g/mol. The Hall–Kier alpha value is -2.02. The first kappa shape index (κ1) is 18.8. The van der Waals surface area contributed by atoms with E-state index in [1.54, 1.807) is 0 Å². The van der Waals surface area contributed by atoms with E-state index in [9.17, 15) is 18.4 Å². The molecular formula is C19H25F2N3O2. The molecular weight excluding hydrogens is 340 g/mol. The highest BCUT2D eigenvalue weighted by Gasteiger charge is 2.28. The van der Waals surface area contributed by atoms with E-state index >= 15 is 0 Å². The number of halogens is 2. The monoisotopic (exact) mass is 365 g/mol. The number of amides is 2. The van der Waals surface area contributed by atoms with Gasteiger partial charge in [0.2, 0.25) is 5.91 Å². The Balaban J connectivity index is 1.53. The quantitative estimate of drug-likeness (QED) is 0.824. The third-order valence-corrected chi connectivity index (χ3v) is 5.30. The molecule has 2 amide bonds. The summed E-state index contributed by atoms with van der Waals surface area (Å²) in [5.74, 6) is -1.71. The number of likely N-dealkylation sites (tertiary alicyclic amines) is 1. The highest BCUT2D eigenvalue weighted by molar-refractivity contribution is 5.94. The maximum absolute atomic E-state index is 13.8. The van der Waals surface area contributed by atoms with Gasteiger partial charge in [-0.05, 0) is 44.4 Å². The average Bonchev–Trinajstić information content (AvgIpc) is 2.64. The van der Waals surface area contributed by atoms with Gasteiger partial charge >= 0.3 is 0 Å². The summed E-state index contributed by atoms with van der Waals surface area (Å²) in [4.78, 5) is 30.4. The van der Waals surface area contributed by atoms with Gasteiger partial charge in [-0.25, -0.2) is 8.78 Å². The first-order valence-electron chi connectivity index (χ1n) is 9.22. The van der Waals surface area contributed by atoms with Gasteiger partial charge in [0, 0.05) is 38.8 Å². The Morgan fingerprint density at radius 2 is 1.81 bits per heavy atom. The van der Waals surface area contributed by atoms with Gasteiger partial charge in [-0.3, -0.25) is 14.5 Å². The highest BCUT2D eigenvalue weighted by atomic mass is 19.1. The maximum atomic E-state index is 13.8. The molecule has 2 aliphatic rings. The minimum atomic E-state index is -0.715. The second-order valence-electron chi connectivity index (χ2n) is 7.12. The molecule has 2 aliphatic heterocycles. The molecule has 0 saturated carbocycles. The van der Waals surface area contributed by atoms with Crippen LogP contribution in [0.1, 0.15) is 36.5 Å². The summed E-state index contributed by atoms with van der Waals surface area (Å²) in [5.41, 5.74) is -0.239. The van der Waals surface area contributed by atoms with Gasteiger partial charge in [-0.2, -0.15) is 0 Å². The molecule has 0 aliphatic carbocycles. The highest BCUT2D eigenvalue weighted by Crippen LogP contribution is 2.18. The molecule has 0 N–H and O–H groups in total. The van der Waals surface area contributed by atoms with Gasteiger partial charge in [0.1, 0.15) is 11.6 Å². The molecule has 1 aromatic carbocycles. The van der Waals surface area contributed by atoms with Crippen LogP contribution < -0.4 is 0 Å². The third-order valence-electron chi connectivity index (χ3n) is 5.30. The van der Waals surface area contributed by atoms with Crippen LogP contribution in [0, 0.1) is 11.6 Å². The van der Waals surface area contributed by atoms with Crippen molar-refractivity contribution in [2.45, 2.75) is 32.2 Å². The van der Waals surface area contributed by atoms with Crippen LogP contribution in [0.5, 0.6) is 0 Å². The van der Waals surface area contributed by atoms with Gasteiger partial charge in [0.25, 0.3) is 5.91 Å². The fourth-order valence-electron chi connectivity index (χ4n) is 3.69. The predicted octanol–water partition coefficient (Wildman–Crippen LogP) is 2.12. The van der Waals surface area contributed by atoms with Crippen LogP contribution in [0.25, 0.3) is 0 Å². The number of hydrogen-bond donors (Lipinski definition) is 0. The standard InChI is InChI=1S/C19H25F2N3O2/c1-14-4-2-3-7-24(14)18(25)13-22-8-10-23(11-9-22)19(26)16-12-15(20)5-6-17(16)21/h5-6,12,14H,2-4,7-11,13H2,1H3. The van der Waals surface area contributed by atoms with E-state index in [0.717, 1.165) is 37.6 Å². The normalized spacial score (nSPS) is 21.7. The smallest absolute Gasteiger partial charge is 0.257 e. The first-order valence-corrected chi connectivity index (χ1v) is 9.22. The SMILES string of the molecule is CC1CCCCN1C(=O)CN1CCN(C(=O)c2cc(F)ccc2F)CC1. The maximum Gasteiger partial charge on any atom is 0.257 e. The molecule has 0 bridgehead atoms. The number of benzene rings is 1. The van der Waals surface area contributed by atoms with Crippen LogP contribution in [-0.4, -0.2) is 71.8 Å². The molecule has 1 unspecified atom stereocenters. The Morgan fingerprint density at radius 3 is 2.50 bits per heavy atom. The zero-order valence-corrected chi connectivity index (χ0v) is 15.1. The molecule has 0 aromatic heterocycles. The number of piperazine rings is 1. The van der Waals surface area contributed by atoms with Crippen LogP contribution >= 0.6 is 0 Å². The van der Waals surface area contributed by atoms with Gasteiger partial charge in [-0.15, -0.1) is 0 Å². The molecule has 2 heterocycles. The molecule has 7 heteroatoms. The summed E-state index contributed by atoms with van der Waals surface area (Å²) in [6, 6.07) is 3.19. The van der Waals surface area contributed by atoms with Crippen molar-refractivity contribution in [2.75, 3.05) is 39.3 Å². The first-order chi connectivity index (χ1) is 12.5. The van der Waals surface area contributed by atoms with E-state index in [1.807, 2.05) is 9.80 Å². The number of nitrogens with zero attached hydrogens (tertiary/aromatic N) is 3. The van der Waals surface area contributed by atoms with Crippen molar-refractivity contribution in [3.05, 3.63) is 35.4 Å². The Kier molecular flexibility index (Phi) is 5.86. The van der Waals surface area contributed by atoms with Crippen LogP contribution in [0.4, 0.5) is 8.78 Å². The molecule has 0 spiro atoms. The molecule has 142 valence electrons. The molecule has 3 rings (SSSR count). The Morgan fingerprint density at radius 1 is 1.08 bits per heavy atom. The number of piperidine rings is 1. The Bertz CT molecular complexity index is 675. The van der Waals surface area contributed by atoms with Crippen molar-refractivity contribution in [3.63, 3.8) is 0 Å². The van der Waals surface area contributed by atoms with E-state index in [1.165, 1.54) is 11.3 Å². The van der Waals surface area contributed by atoms with Crippen molar-refractivity contribution in [2.24, 2.45) is 0 Å². The fourth-order valence-corrected chi connectivity index (χ4v) is 3.69. The van der Waals surface area contributed by atoms with Gasteiger partial charge in [0.15, 0.2) is 0 Å². The lowest BCUT2D eigenvalue weighted by Crippen LogP contribution is -2.53. The molecule has 0 radical (unpaired) electrons. The zero-order valence-electron chi connectivity index (χ0n) is 15.1.